The fraction of sp³-hybridized carbons (Fsp3) is 0.135. The summed E-state index contributed by atoms with van der Waals surface area (Å²) >= 11 is 0. The number of rotatable bonds is 12. The highest BCUT2D eigenvalue weighted by molar-refractivity contribution is 7.98. The van der Waals surface area contributed by atoms with Crippen LogP contribution >= 0.6 is 0 Å². The number of ether oxygens (including phenoxy) is 3. The summed E-state index contributed by atoms with van der Waals surface area (Å²) in [4.78, 5) is 19.6. The largest absolute Gasteiger partial charge is 0.508 e. The normalized spacial score (nSPS) is 12.2. The zero-order chi connectivity index (χ0) is 78.9. The molecule has 2 heterocycles. The molecule has 0 spiro atoms. The predicted octanol–water partition coefficient (Wildman–Crippen LogP) is 28.0. The van der Waals surface area contributed by atoms with Crippen LogP contribution in [-0.4, -0.2) is 12.2 Å². The van der Waals surface area contributed by atoms with E-state index in [0.717, 1.165) is 28.7 Å². The maximum atomic E-state index is 9.48. The van der Waals surface area contributed by atoms with Gasteiger partial charge in [0.2, 0.25) is 19.6 Å². The second-order valence-electron chi connectivity index (χ2n) is 30.4. The maximum Gasteiger partial charge on any atom is 0.209 e. The molecule has 0 radical (unpaired) electrons. The Balaban J connectivity index is 0.000000125. The lowest BCUT2D eigenvalue weighted by molar-refractivity contribution is 0.414. The summed E-state index contributed by atoms with van der Waals surface area (Å²) in [5, 5.41) is 9.48. The van der Waals surface area contributed by atoms with Gasteiger partial charge in [-0.2, -0.15) is 0 Å². The highest BCUT2D eigenvalue weighted by Crippen LogP contribution is 2.49. The van der Waals surface area contributed by atoms with E-state index in [1.807, 2.05) is 72.8 Å². The fourth-order valence-electron chi connectivity index (χ4n) is 13.0. The topological polar surface area (TPSA) is 47.9 Å². The molecule has 9 heteroatoms. The second kappa shape index (κ2) is 37.3. The lowest BCUT2D eigenvalue weighted by Gasteiger charge is -2.21. The first-order valence-corrected chi connectivity index (χ1v) is 44.4. The van der Waals surface area contributed by atoms with E-state index in [2.05, 4.69) is 379 Å². The van der Waals surface area contributed by atoms with Crippen molar-refractivity contribution < 1.29 is 19.3 Å². The Morgan fingerprint density at radius 3 is 0.735 bits per heavy atom. The quantitative estimate of drug-likeness (QED) is 0.124. The van der Waals surface area contributed by atoms with E-state index in [1.54, 1.807) is 19.2 Å². The van der Waals surface area contributed by atoms with Crippen LogP contribution in [0.5, 0.6) is 34.5 Å². The number of hydrogen-bond acceptors (Lipinski definition) is 4. The Morgan fingerprint density at radius 1 is 0.248 bits per heavy atom. The monoisotopic (exact) mass is 1570 g/mol. The van der Waals surface area contributed by atoms with Crippen LogP contribution in [0.2, 0.25) is 0 Å². The van der Waals surface area contributed by atoms with Gasteiger partial charge in [0.1, 0.15) is 33.3 Å². The summed E-state index contributed by atoms with van der Waals surface area (Å²) < 4.78 is 17.4. The molecule has 0 aliphatic carbocycles. The van der Waals surface area contributed by atoms with Gasteiger partial charge >= 0.3 is 0 Å². The SMILES string of the molecule is CC(C)(C)c1ccc([S+](c2ccc(C(C)(C)C)cc2)c2ccc(C(C)(C)C)cc2)cc1.COc1ccc([S+](c2ccccc2)c2ccccc2)cc1.Cc1ccc([S+]2c3ccccc3Oc3ccccc32)cc1.Oc1ccc([S+](c2ccccc2)c2ccccc2)cc1.c1ccc([S+]2c3ccccc3Oc3ccccc32)cc1. The Hall–Kier alpha value is -10.8. The summed E-state index contributed by atoms with van der Waals surface area (Å²) in [5.41, 5.74) is 5.93. The van der Waals surface area contributed by atoms with Gasteiger partial charge in [0.15, 0.2) is 76.8 Å². The molecule has 17 rings (SSSR count). The van der Waals surface area contributed by atoms with Crippen molar-refractivity contribution in [3.8, 4) is 34.5 Å². The molecule has 15 aromatic carbocycles. The number of methoxy groups -OCH3 is 1. The summed E-state index contributed by atoms with van der Waals surface area (Å²) in [6.07, 6.45) is 0. The van der Waals surface area contributed by atoms with E-state index in [4.69, 9.17) is 14.2 Å². The molecule has 15 aromatic rings. The predicted molar refractivity (Wildman–Crippen MR) is 477 cm³/mol. The van der Waals surface area contributed by atoms with Gasteiger partial charge in [-0.1, -0.05) is 256 Å². The molecule has 2 aliphatic rings. The van der Waals surface area contributed by atoms with E-state index in [0.29, 0.717) is 5.75 Å². The van der Waals surface area contributed by atoms with Crippen molar-refractivity contribution in [2.75, 3.05) is 7.11 Å². The molecule has 4 nitrogen and oxygen atoms in total. The molecule has 0 fully saturated rings. The maximum absolute atomic E-state index is 9.48. The molecule has 0 atom stereocenters. The van der Waals surface area contributed by atoms with Gasteiger partial charge in [-0.15, -0.1) is 0 Å². The molecular formula is C104H99O4S5+5. The van der Waals surface area contributed by atoms with Crippen LogP contribution < -0.4 is 14.2 Å². The number of aryl methyl sites for hydroxylation is 1. The van der Waals surface area contributed by atoms with Gasteiger partial charge in [0, 0.05) is 0 Å². The molecule has 0 aromatic heterocycles. The first-order chi connectivity index (χ1) is 54.7. The standard InChI is InChI=1S/C30H39S.C19H15OS.C19H17OS.C18H13OS.C18H14OS/c1-28(2,3)22-10-16-25(17-11-22)31(26-18-12-23(13-19-26)29(4,5)6)27-20-14-24(15-21-27)30(7,8)9;1-14-10-12-15(13-11-14)21-18-8-4-2-6-16(18)20-17-7-3-5-9-19(17)21;1-20-16-12-14-19(15-13-16)21(17-8-4-2-5-9-17)18-10-6-3-7-11-18;1-2-8-14(9-3-1)20-17-12-6-4-10-15(17)19-16-11-5-7-13-18(16)20;19-15-11-13-18(14-12-15)20(16-7-3-1-4-8-16)17-9-5-2-6-10-17/h10-21H,1-9H3;2-13H,1H3;2-15H,1H3;1-13H;1-14H/q4*+1;/p+1. The third-order valence-electron chi connectivity index (χ3n) is 19.1. The number of fused-ring (bicyclic) bond motifs is 4. The van der Waals surface area contributed by atoms with Crippen LogP contribution in [0.4, 0.5) is 0 Å². The van der Waals surface area contributed by atoms with Crippen molar-refractivity contribution >= 4 is 54.5 Å². The van der Waals surface area contributed by atoms with Gasteiger partial charge in [-0.05, 0) is 246 Å². The van der Waals surface area contributed by atoms with E-state index in [-0.39, 0.29) is 70.7 Å². The molecule has 2 aliphatic heterocycles. The minimum absolute atomic E-state index is 0.0804. The number of para-hydroxylation sites is 4. The zero-order valence-electron chi connectivity index (χ0n) is 66.2. The first kappa shape index (κ1) is 80.3. The third-order valence-corrected chi connectivity index (χ3v) is 30.4. The highest BCUT2D eigenvalue weighted by Gasteiger charge is 2.41. The van der Waals surface area contributed by atoms with Crippen molar-refractivity contribution in [1.82, 2.24) is 0 Å². The zero-order valence-corrected chi connectivity index (χ0v) is 70.3. The average Bonchev–Trinajstić information content (AvgIpc) is 0.818. The molecule has 0 saturated carbocycles. The minimum Gasteiger partial charge on any atom is -0.508 e. The van der Waals surface area contributed by atoms with E-state index < -0.39 is 0 Å². The number of phenolic OH excluding ortho intramolecular Hbond substituents is 1. The van der Waals surface area contributed by atoms with Gasteiger partial charge < -0.3 is 19.3 Å². The Morgan fingerprint density at radius 2 is 0.469 bits per heavy atom. The fourth-order valence-corrected chi connectivity index (χ4v) is 23.7. The average molecular weight is 1570 g/mol. The van der Waals surface area contributed by atoms with Gasteiger partial charge in [-0.25, -0.2) is 0 Å². The number of hydrogen-bond donors (Lipinski definition) is 1. The van der Waals surface area contributed by atoms with Crippen molar-refractivity contribution in [2.24, 2.45) is 0 Å². The van der Waals surface area contributed by atoms with Crippen LogP contribution in [-0.2, 0) is 70.7 Å². The van der Waals surface area contributed by atoms with Crippen LogP contribution in [0.25, 0.3) is 0 Å². The molecule has 0 amide bonds. The smallest absolute Gasteiger partial charge is 0.209 e. The molecule has 0 unspecified atom stereocenters. The summed E-state index contributed by atoms with van der Waals surface area (Å²) in [6, 6.07) is 139. The van der Waals surface area contributed by atoms with Gasteiger partial charge in [0.05, 0.1) is 39.8 Å². The van der Waals surface area contributed by atoms with Crippen molar-refractivity contribution in [2.45, 2.75) is 159 Å². The minimum atomic E-state index is -0.134. The number of benzene rings is 15. The van der Waals surface area contributed by atoms with Crippen molar-refractivity contribution in [3.63, 3.8) is 0 Å². The van der Waals surface area contributed by atoms with Crippen LogP contribution in [0.1, 0.15) is 84.6 Å². The molecule has 0 saturated heterocycles. The first-order valence-electron chi connectivity index (χ1n) is 38.3. The van der Waals surface area contributed by atoms with E-state index >= 15 is 0 Å². The van der Waals surface area contributed by atoms with Crippen molar-refractivity contribution in [1.29, 1.82) is 0 Å². The van der Waals surface area contributed by atoms with Gasteiger partial charge in [-0.3, -0.25) is 0 Å². The molecule has 1 N–H and O–H groups in total. The number of phenols is 1. The Kier molecular flexibility index (Phi) is 26.5. The summed E-state index contributed by atoms with van der Waals surface area (Å²) in [5.74, 6) is 5.08. The lowest BCUT2D eigenvalue weighted by Crippen LogP contribution is -2.13. The Bertz CT molecular complexity index is 5170. The van der Waals surface area contributed by atoms with E-state index in [1.165, 1.54) is 95.7 Å². The molecule has 564 valence electrons. The third kappa shape index (κ3) is 20.4. The molecular weight excluding hydrogens is 1470 g/mol. The van der Waals surface area contributed by atoms with E-state index in [9.17, 15) is 5.11 Å². The lowest BCUT2D eigenvalue weighted by atomic mass is 9.87. The summed E-state index contributed by atoms with van der Waals surface area (Å²) in [6.45, 7) is 22.6. The van der Waals surface area contributed by atoms with Crippen LogP contribution in [0, 0.1) is 6.92 Å². The number of aromatic hydroxyl groups is 1. The van der Waals surface area contributed by atoms with Crippen LogP contribution in [0.15, 0.2) is 468 Å². The molecule has 0 bridgehead atoms. The van der Waals surface area contributed by atoms with Gasteiger partial charge in [0.25, 0.3) is 0 Å². The molecule has 113 heavy (non-hydrogen) atoms. The van der Waals surface area contributed by atoms with Crippen LogP contribution in [0.3, 0.4) is 0 Å². The van der Waals surface area contributed by atoms with Crippen molar-refractivity contribution in [3.05, 3.63) is 417 Å². The highest BCUT2D eigenvalue weighted by atomic mass is 32.2. The summed E-state index contributed by atoms with van der Waals surface area (Å²) in [7, 11) is 1.19. The second-order valence-corrected chi connectivity index (χ2v) is 40.4. The Labute approximate surface area is 685 Å².